The van der Waals surface area contributed by atoms with Crippen molar-refractivity contribution in [2.45, 2.75) is 38.5 Å². The zero-order valence-electron chi connectivity index (χ0n) is 8.74. The minimum atomic E-state index is 0.194. The lowest BCUT2D eigenvalue weighted by atomic mass is 9.97. The van der Waals surface area contributed by atoms with Crippen molar-refractivity contribution in [2.75, 3.05) is 0 Å². The van der Waals surface area contributed by atoms with Crippen LogP contribution < -0.4 is 0 Å². The first-order chi connectivity index (χ1) is 7.38. The van der Waals surface area contributed by atoms with Gasteiger partial charge in [-0.2, -0.15) is 0 Å². The average molecular weight is 221 g/mol. The Kier molecular flexibility index (Phi) is 3.67. The highest BCUT2D eigenvalue weighted by atomic mass is 32.1. The number of rotatable bonds is 2. The smallest absolute Gasteiger partial charge is 0.200 e. The fourth-order valence-corrected chi connectivity index (χ4v) is 2.48. The Morgan fingerprint density at radius 2 is 2.13 bits per heavy atom. The van der Waals surface area contributed by atoms with Gasteiger partial charge in [0, 0.05) is 6.20 Å². The quantitative estimate of drug-likeness (QED) is 0.714. The molecule has 0 unspecified atom stereocenters. The highest BCUT2D eigenvalue weighted by molar-refractivity contribution is 7.11. The van der Waals surface area contributed by atoms with Crippen LogP contribution in [0.3, 0.4) is 0 Å². The van der Waals surface area contributed by atoms with E-state index in [1.807, 2.05) is 0 Å². The molecule has 2 nitrogen and oxygen atoms in total. The van der Waals surface area contributed by atoms with Gasteiger partial charge in [0.2, 0.25) is 0 Å². The van der Waals surface area contributed by atoms with E-state index in [0.29, 0.717) is 0 Å². The van der Waals surface area contributed by atoms with Crippen LogP contribution >= 0.6 is 11.3 Å². The molecule has 0 radical (unpaired) electrons. The molecule has 1 aromatic heterocycles. The fraction of sp³-hybridized carbons (Fsp3) is 0.500. The maximum Gasteiger partial charge on any atom is 0.200 e. The molecule has 1 aliphatic carbocycles. The van der Waals surface area contributed by atoms with Crippen molar-refractivity contribution >= 4 is 17.1 Å². The van der Waals surface area contributed by atoms with Gasteiger partial charge in [-0.25, -0.2) is 0 Å². The van der Waals surface area contributed by atoms with Crippen LogP contribution in [-0.2, 0) is 0 Å². The Morgan fingerprint density at radius 1 is 1.27 bits per heavy atom. The number of aromatic nitrogens is 1. The summed E-state index contributed by atoms with van der Waals surface area (Å²) in [4.78, 5) is 16.8. The van der Waals surface area contributed by atoms with Crippen molar-refractivity contribution in [3.05, 3.63) is 28.2 Å². The Hall–Kier alpha value is -0.960. The second-order valence-corrected chi connectivity index (χ2v) is 4.76. The summed E-state index contributed by atoms with van der Waals surface area (Å²) in [5, 5.41) is 0. The zero-order valence-corrected chi connectivity index (χ0v) is 9.55. The lowest BCUT2D eigenvalue weighted by molar-refractivity contribution is 0.103. The second-order valence-electron chi connectivity index (χ2n) is 3.88. The predicted molar refractivity (Wildman–Crippen MR) is 62.2 cm³/mol. The lowest BCUT2D eigenvalue weighted by Crippen LogP contribution is -2.03. The molecule has 0 saturated carbocycles. The SMILES string of the molecule is O=C(C1=CCCCCCC1)c1cncs1. The van der Waals surface area contributed by atoms with E-state index in [1.54, 1.807) is 11.7 Å². The maximum atomic E-state index is 12.0. The van der Waals surface area contributed by atoms with E-state index in [0.717, 1.165) is 29.7 Å². The fourth-order valence-electron chi connectivity index (χ4n) is 1.88. The van der Waals surface area contributed by atoms with Gasteiger partial charge in [0.05, 0.1) is 10.4 Å². The van der Waals surface area contributed by atoms with Crippen LogP contribution in [0.25, 0.3) is 0 Å². The molecule has 0 N–H and O–H groups in total. The number of ketones is 1. The van der Waals surface area contributed by atoms with Gasteiger partial charge in [-0.3, -0.25) is 9.78 Å². The van der Waals surface area contributed by atoms with Crippen molar-refractivity contribution in [3.63, 3.8) is 0 Å². The van der Waals surface area contributed by atoms with Crippen molar-refractivity contribution in [2.24, 2.45) is 0 Å². The summed E-state index contributed by atoms with van der Waals surface area (Å²) in [6.45, 7) is 0. The normalized spacial score (nSPS) is 17.7. The number of allylic oxidation sites excluding steroid dienone is 2. The average Bonchev–Trinajstić information content (AvgIpc) is 2.68. The largest absolute Gasteiger partial charge is 0.288 e. The number of carbonyl (C=O) groups is 1. The second kappa shape index (κ2) is 5.21. The summed E-state index contributed by atoms with van der Waals surface area (Å²) in [6, 6.07) is 0. The van der Waals surface area contributed by atoms with Gasteiger partial charge in [-0.15, -0.1) is 11.3 Å². The highest BCUT2D eigenvalue weighted by Crippen LogP contribution is 2.21. The molecule has 0 amide bonds. The molecule has 1 aromatic rings. The first kappa shape index (κ1) is 10.6. The maximum absolute atomic E-state index is 12.0. The molecule has 0 aliphatic heterocycles. The van der Waals surface area contributed by atoms with Crippen LogP contribution in [0.15, 0.2) is 23.4 Å². The standard InChI is InChI=1S/C12H15NOS/c14-12(11-8-13-9-15-11)10-6-4-2-1-3-5-7-10/h6,8-9H,1-5,7H2. The van der Waals surface area contributed by atoms with Crippen LogP contribution in [0, 0.1) is 0 Å². The Balaban J connectivity index is 2.11. The molecule has 0 saturated heterocycles. The Bertz CT molecular complexity index is 354. The van der Waals surface area contributed by atoms with E-state index in [1.165, 1.54) is 30.6 Å². The molecule has 80 valence electrons. The minimum absolute atomic E-state index is 0.194. The number of hydrogen-bond donors (Lipinski definition) is 0. The van der Waals surface area contributed by atoms with Crippen molar-refractivity contribution < 1.29 is 4.79 Å². The first-order valence-electron chi connectivity index (χ1n) is 5.50. The topological polar surface area (TPSA) is 30.0 Å². The van der Waals surface area contributed by atoms with Crippen LogP contribution in [0.2, 0.25) is 0 Å². The van der Waals surface area contributed by atoms with E-state index >= 15 is 0 Å². The summed E-state index contributed by atoms with van der Waals surface area (Å²) in [6.07, 6.45) is 10.7. The molecule has 1 heterocycles. The first-order valence-corrected chi connectivity index (χ1v) is 6.38. The molecule has 0 bridgehead atoms. The third-order valence-electron chi connectivity index (χ3n) is 2.74. The van der Waals surface area contributed by atoms with Crippen LogP contribution in [-0.4, -0.2) is 10.8 Å². The monoisotopic (exact) mass is 221 g/mol. The van der Waals surface area contributed by atoms with E-state index in [2.05, 4.69) is 11.1 Å². The molecular formula is C12H15NOS. The zero-order chi connectivity index (χ0) is 10.5. The Morgan fingerprint density at radius 3 is 2.93 bits per heavy atom. The number of hydrogen-bond acceptors (Lipinski definition) is 3. The van der Waals surface area contributed by atoms with Gasteiger partial charge in [0.25, 0.3) is 0 Å². The summed E-state index contributed by atoms with van der Waals surface area (Å²) in [7, 11) is 0. The van der Waals surface area contributed by atoms with E-state index in [-0.39, 0.29) is 5.78 Å². The van der Waals surface area contributed by atoms with E-state index < -0.39 is 0 Å². The van der Waals surface area contributed by atoms with Gasteiger partial charge in [0.15, 0.2) is 5.78 Å². The van der Waals surface area contributed by atoms with Crippen LogP contribution in [0.1, 0.15) is 48.2 Å². The molecule has 3 heteroatoms. The van der Waals surface area contributed by atoms with Gasteiger partial charge in [-0.05, 0) is 31.3 Å². The van der Waals surface area contributed by atoms with Crippen molar-refractivity contribution in [1.29, 1.82) is 0 Å². The van der Waals surface area contributed by atoms with Crippen LogP contribution in [0.5, 0.6) is 0 Å². The molecule has 1 aliphatic rings. The molecule has 2 rings (SSSR count). The number of carbonyl (C=O) groups excluding carboxylic acids is 1. The molecule has 0 atom stereocenters. The van der Waals surface area contributed by atoms with Crippen molar-refractivity contribution in [3.8, 4) is 0 Å². The lowest BCUT2D eigenvalue weighted by Gasteiger charge is -2.09. The molecular weight excluding hydrogens is 206 g/mol. The summed E-state index contributed by atoms with van der Waals surface area (Å²) in [5.41, 5.74) is 2.72. The number of thiazole rings is 1. The summed E-state index contributed by atoms with van der Waals surface area (Å²) < 4.78 is 0. The summed E-state index contributed by atoms with van der Waals surface area (Å²) in [5.74, 6) is 0.194. The highest BCUT2D eigenvalue weighted by Gasteiger charge is 2.14. The summed E-state index contributed by atoms with van der Waals surface area (Å²) >= 11 is 1.44. The molecule has 0 aromatic carbocycles. The van der Waals surface area contributed by atoms with E-state index in [9.17, 15) is 4.79 Å². The van der Waals surface area contributed by atoms with Gasteiger partial charge in [0.1, 0.15) is 0 Å². The molecule has 15 heavy (non-hydrogen) atoms. The number of Topliss-reactive ketones (excluding diaryl/α,β-unsaturated/α-hetero) is 1. The predicted octanol–water partition coefficient (Wildman–Crippen LogP) is 3.61. The molecule has 0 fully saturated rings. The van der Waals surface area contributed by atoms with Gasteiger partial charge >= 0.3 is 0 Å². The van der Waals surface area contributed by atoms with Gasteiger partial charge < -0.3 is 0 Å². The third-order valence-corrected chi connectivity index (χ3v) is 3.51. The van der Waals surface area contributed by atoms with Crippen molar-refractivity contribution in [1.82, 2.24) is 4.98 Å². The Labute approximate surface area is 94.0 Å². The third kappa shape index (κ3) is 2.75. The van der Waals surface area contributed by atoms with E-state index in [4.69, 9.17) is 0 Å². The molecule has 0 spiro atoms. The van der Waals surface area contributed by atoms with Crippen LogP contribution in [0.4, 0.5) is 0 Å². The van der Waals surface area contributed by atoms with Gasteiger partial charge in [-0.1, -0.05) is 18.9 Å². The minimum Gasteiger partial charge on any atom is -0.288 e. The number of nitrogens with zero attached hydrogens (tertiary/aromatic N) is 1.